The van der Waals surface area contributed by atoms with Gasteiger partial charge < -0.3 is 15.3 Å². The molecule has 4 aromatic rings. The van der Waals surface area contributed by atoms with Crippen molar-refractivity contribution >= 4 is 50.5 Å². The van der Waals surface area contributed by atoms with Gasteiger partial charge in [0.25, 0.3) is 17.5 Å². The highest BCUT2D eigenvalue weighted by molar-refractivity contribution is 6.50. The Bertz CT molecular complexity index is 1460. The number of hydrogen-bond donors (Lipinski definition) is 3. The largest absolute Gasteiger partial charge is 0.361 e. The third kappa shape index (κ3) is 2.90. The predicted octanol–water partition coefficient (Wildman–Crippen LogP) is 2.95. The van der Waals surface area contributed by atoms with E-state index < -0.39 is 16.7 Å². The number of aryl methyl sites for hydroxylation is 1. The number of aromatic nitrogens is 2. The number of nitrogens with zero attached hydrogens (tertiary/aromatic N) is 2. The summed E-state index contributed by atoms with van der Waals surface area (Å²) >= 11 is 0. The lowest BCUT2D eigenvalue weighted by Crippen LogP contribution is -2.22. The Labute approximate surface area is 181 Å². The zero-order valence-electron chi connectivity index (χ0n) is 16.9. The molecular weight excluding hydrogens is 410 g/mol. The van der Waals surface area contributed by atoms with Crippen molar-refractivity contribution in [3.8, 4) is 0 Å². The van der Waals surface area contributed by atoms with Crippen LogP contribution in [0.15, 0.2) is 54.9 Å². The summed E-state index contributed by atoms with van der Waals surface area (Å²) in [4.78, 5) is 40.2. The Kier molecular flexibility index (Phi) is 4.60. The van der Waals surface area contributed by atoms with Crippen molar-refractivity contribution in [2.75, 3.05) is 6.54 Å². The van der Waals surface area contributed by atoms with Crippen LogP contribution in [0.5, 0.6) is 0 Å². The number of H-pyrrole nitrogens is 1. The molecule has 0 radical (unpaired) electrons. The molecule has 1 aliphatic rings. The minimum absolute atomic E-state index is 0.0650. The maximum absolute atomic E-state index is 12.9. The summed E-state index contributed by atoms with van der Waals surface area (Å²) in [5.74, 6) is -1.03. The van der Waals surface area contributed by atoms with Crippen LogP contribution in [-0.2, 0) is 16.1 Å². The van der Waals surface area contributed by atoms with Crippen molar-refractivity contribution in [2.24, 2.45) is 5.73 Å². The van der Waals surface area contributed by atoms with Gasteiger partial charge >= 0.3 is 0 Å². The average Bonchev–Trinajstić information content (AvgIpc) is 3.44. The summed E-state index contributed by atoms with van der Waals surface area (Å²) in [5.41, 5.74) is 8.36. The Morgan fingerprint density at radius 3 is 2.44 bits per heavy atom. The van der Waals surface area contributed by atoms with E-state index >= 15 is 0 Å². The Morgan fingerprint density at radius 1 is 0.969 bits per heavy atom. The molecule has 1 aliphatic heterocycles. The van der Waals surface area contributed by atoms with E-state index in [9.17, 15) is 19.7 Å². The summed E-state index contributed by atoms with van der Waals surface area (Å²) < 4.78 is 1.74. The summed E-state index contributed by atoms with van der Waals surface area (Å²) in [6.45, 7) is 0.862. The van der Waals surface area contributed by atoms with Crippen molar-refractivity contribution < 1.29 is 14.5 Å². The number of hydrogen-bond acceptors (Lipinski definition) is 5. The molecular formula is C23H19N5O4. The second kappa shape index (κ2) is 7.47. The Balaban J connectivity index is 1.83. The first-order valence-corrected chi connectivity index (χ1v) is 10.1. The van der Waals surface area contributed by atoms with Gasteiger partial charge in [0, 0.05) is 52.4 Å². The van der Waals surface area contributed by atoms with Crippen LogP contribution in [0.3, 0.4) is 0 Å². The minimum atomic E-state index is -0.528. The first-order valence-electron chi connectivity index (χ1n) is 10.1. The van der Waals surface area contributed by atoms with Gasteiger partial charge in [-0.05, 0) is 19.0 Å². The van der Waals surface area contributed by atoms with E-state index in [1.165, 1.54) is 6.07 Å². The molecule has 0 spiro atoms. The van der Waals surface area contributed by atoms with Gasteiger partial charge in [-0.25, -0.2) is 0 Å². The van der Waals surface area contributed by atoms with Gasteiger partial charge in [0.15, 0.2) is 0 Å². The topological polar surface area (TPSA) is 136 Å². The van der Waals surface area contributed by atoms with Crippen molar-refractivity contribution in [1.29, 1.82) is 0 Å². The molecule has 0 saturated carbocycles. The second-order valence-electron chi connectivity index (χ2n) is 7.59. The number of nitrogens with two attached hydrogens (primary N) is 1. The molecule has 0 unspecified atom stereocenters. The average molecular weight is 429 g/mol. The maximum atomic E-state index is 12.9. The molecule has 4 N–H and O–H groups in total. The van der Waals surface area contributed by atoms with Crippen LogP contribution in [0.1, 0.15) is 17.5 Å². The number of nitrogens with one attached hydrogen (secondary N) is 2. The third-order valence-corrected chi connectivity index (χ3v) is 5.74. The van der Waals surface area contributed by atoms with Gasteiger partial charge in [0.05, 0.1) is 16.1 Å². The number of imide groups is 1. The summed E-state index contributed by atoms with van der Waals surface area (Å²) in [7, 11) is 0. The number of rotatable bonds is 6. The highest BCUT2D eigenvalue weighted by atomic mass is 16.6. The molecule has 2 aromatic carbocycles. The van der Waals surface area contributed by atoms with E-state index in [1.807, 2.05) is 24.3 Å². The van der Waals surface area contributed by atoms with Crippen molar-refractivity contribution in [3.05, 3.63) is 76.1 Å². The zero-order valence-corrected chi connectivity index (χ0v) is 16.9. The van der Waals surface area contributed by atoms with E-state index in [0.29, 0.717) is 41.5 Å². The van der Waals surface area contributed by atoms with Gasteiger partial charge in [-0.1, -0.05) is 30.3 Å². The number of amides is 2. The number of nitro groups is 1. The molecule has 3 heterocycles. The molecule has 32 heavy (non-hydrogen) atoms. The number of non-ortho nitro benzene ring substituents is 1. The molecule has 5 rings (SSSR count). The molecule has 0 aliphatic carbocycles. The van der Waals surface area contributed by atoms with Crippen LogP contribution in [0.25, 0.3) is 33.0 Å². The number of nitro benzene ring substituents is 1. The SMILES string of the molecule is NCCCn1cc(C2=C(c3c[nH]c4ccccc34)C(=O)NC2=O)c2cccc([N+](=O)[O-])c21. The lowest BCUT2D eigenvalue weighted by atomic mass is 9.95. The highest BCUT2D eigenvalue weighted by Crippen LogP contribution is 2.40. The van der Waals surface area contributed by atoms with E-state index in [2.05, 4.69) is 10.3 Å². The van der Waals surface area contributed by atoms with Crippen LogP contribution in [0.2, 0.25) is 0 Å². The zero-order chi connectivity index (χ0) is 22.4. The van der Waals surface area contributed by atoms with Gasteiger partial charge in [0.1, 0.15) is 5.52 Å². The van der Waals surface area contributed by atoms with Gasteiger partial charge in [-0.15, -0.1) is 0 Å². The van der Waals surface area contributed by atoms with Crippen LogP contribution in [0.4, 0.5) is 5.69 Å². The molecule has 0 fully saturated rings. The van der Waals surface area contributed by atoms with Crippen LogP contribution in [0, 0.1) is 10.1 Å². The molecule has 2 aromatic heterocycles. The molecule has 0 saturated heterocycles. The van der Waals surface area contributed by atoms with Gasteiger partial charge in [0.2, 0.25) is 0 Å². The fourth-order valence-corrected chi connectivity index (χ4v) is 4.37. The standard InChI is InChI=1S/C23H19N5O4/c24-9-4-10-27-12-16(14-6-3-8-18(21(14)27)28(31)32)20-19(22(29)26-23(20)30)15-11-25-17-7-2-1-5-13(15)17/h1-3,5-8,11-12,25H,4,9-10,24H2,(H,26,29,30). The fourth-order valence-electron chi connectivity index (χ4n) is 4.37. The van der Waals surface area contributed by atoms with E-state index in [-0.39, 0.29) is 16.8 Å². The minimum Gasteiger partial charge on any atom is -0.361 e. The summed E-state index contributed by atoms with van der Waals surface area (Å²) in [6, 6.07) is 12.2. The quantitative estimate of drug-likeness (QED) is 0.246. The normalized spacial score (nSPS) is 14.0. The van der Waals surface area contributed by atoms with Crippen molar-refractivity contribution in [2.45, 2.75) is 13.0 Å². The fraction of sp³-hybridized carbons (Fsp3) is 0.130. The number of fused-ring (bicyclic) bond motifs is 2. The van der Waals surface area contributed by atoms with E-state index in [0.717, 1.165) is 10.9 Å². The first-order chi connectivity index (χ1) is 15.5. The van der Waals surface area contributed by atoms with Crippen LogP contribution >= 0.6 is 0 Å². The van der Waals surface area contributed by atoms with E-state index in [4.69, 9.17) is 5.73 Å². The number of benzene rings is 2. The second-order valence-corrected chi connectivity index (χ2v) is 7.59. The Hall–Kier alpha value is -4.24. The number of para-hydroxylation sites is 2. The molecule has 9 nitrogen and oxygen atoms in total. The first kappa shape index (κ1) is 19.7. The van der Waals surface area contributed by atoms with Gasteiger partial charge in [-0.3, -0.25) is 25.0 Å². The number of aromatic amines is 1. The lowest BCUT2D eigenvalue weighted by molar-refractivity contribution is -0.383. The molecule has 0 atom stereocenters. The highest BCUT2D eigenvalue weighted by Gasteiger charge is 2.35. The third-order valence-electron chi connectivity index (χ3n) is 5.74. The Morgan fingerprint density at radius 2 is 1.69 bits per heavy atom. The van der Waals surface area contributed by atoms with Gasteiger partial charge in [-0.2, -0.15) is 0 Å². The lowest BCUT2D eigenvalue weighted by Gasteiger charge is -2.04. The molecule has 160 valence electrons. The van der Waals surface area contributed by atoms with E-state index in [1.54, 1.807) is 29.1 Å². The molecule has 0 bridgehead atoms. The van der Waals surface area contributed by atoms with Crippen molar-refractivity contribution in [3.63, 3.8) is 0 Å². The smallest absolute Gasteiger partial charge is 0.293 e. The molecule has 2 amide bonds. The number of carbonyl (C=O) groups is 2. The van der Waals surface area contributed by atoms with Crippen molar-refractivity contribution in [1.82, 2.24) is 14.9 Å². The summed E-state index contributed by atoms with van der Waals surface area (Å²) in [6.07, 6.45) is 4.01. The van der Waals surface area contributed by atoms with Crippen LogP contribution in [-0.4, -0.2) is 32.8 Å². The maximum Gasteiger partial charge on any atom is 0.293 e. The summed E-state index contributed by atoms with van der Waals surface area (Å²) in [5, 5.41) is 15.4. The molecule has 9 heteroatoms. The van der Waals surface area contributed by atoms with Crippen LogP contribution < -0.4 is 11.1 Å². The predicted molar refractivity (Wildman–Crippen MR) is 121 cm³/mol. The number of carbonyl (C=O) groups excluding carboxylic acids is 2. The monoisotopic (exact) mass is 429 g/mol.